The molecule has 4 aromatic rings. The molecule has 1 heterocycles. The van der Waals surface area contributed by atoms with Crippen LogP contribution >= 0.6 is 11.6 Å². The van der Waals surface area contributed by atoms with Crippen molar-refractivity contribution in [2.75, 3.05) is 16.0 Å². The Hall–Kier alpha value is -4.55. The zero-order chi connectivity index (χ0) is 24.1. The third-order valence-corrected chi connectivity index (χ3v) is 4.88. The number of rotatable bonds is 6. The fourth-order valence-corrected chi connectivity index (χ4v) is 3.19. The monoisotopic (exact) mass is 476 g/mol. The van der Waals surface area contributed by atoms with Gasteiger partial charge in [0.15, 0.2) is 0 Å². The maximum Gasteiger partial charge on any atom is 0.258 e. The van der Waals surface area contributed by atoms with Crippen molar-refractivity contribution in [1.29, 1.82) is 5.26 Å². The standard InChI is InChI=1S/C24H15ClF2N6O/c25-19-10-17(5-7-21(19)27)32-23-11-22(29-13-30-23)31-15-2-1-3-16(9-15)33-24(34)18-8-14(12-28)4-6-20(18)26/h1-11,13H,(H,33,34)(H2,29,30,31,32). The van der Waals surface area contributed by atoms with Crippen LogP contribution in [0, 0.1) is 23.0 Å². The molecule has 7 nitrogen and oxygen atoms in total. The predicted octanol–water partition coefficient (Wildman–Crippen LogP) is 6.02. The van der Waals surface area contributed by atoms with Gasteiger partial charge in [0.1, 0.15) is 29.6 Å². The van der Waals surface area contributed by atoms with Crippen LogP contribution < -0.4 is 16.0 Å². The molecule has 0 aliphatic rings. The van der Waals surface area contributed by atoms with Gasteiger partial charge in [0.2, 0.25) is 0 Å². The minimum atomic E-state index is -0.728. The van der Waals surface area contributed by atoms with Gasteiger partial charge in [0.25, 0.3) is 5.91 Å². The van der Waals surface area contributed by atoms with Crippen LogP contribution in [0.15, 0.2) is 73.1 Å². The number of nitrogens with zero attached hydrogens (tertiary/aromatic N) is 3. The summed E-state index contributed by atoms with van der Waals surface area (Å²) in [5.74, 6) is -1.04. The van der Waals surface area contributed by atoms with Crippen LogP contribution in [0.5, 0.6) is 0 Å². The van der Waals surface area contributed by atoms with Crippen molar-refractivity contribution in [3.63, 3.8) is 0 Å². The van der Waals surface area contributed by atoms with Crippen LogP contribution in [-0.2, 0) is 0 Å². The number of anilines is 5. The summed E-state index contributed by atoms with van der Waals surface area (Å²) in [7, 11) is 0. The number of benzene rings is 3. The number of hydrogen-bond donors (Lipinski definition) is 3. The average Bonchev–Trinajstić information content (AvgIpc) is 2.82. The zero-order valence-corrected chi connectivity index (χ0v) is 18.1. The lowest BCUT2D eigenvalue weighted by atomic mass is 10.1. The van der Waals surface area contributed by atoms with E-state index in [0.717, 1.165) is 6.07 Å². The molecule has 0 saturated heterocycles. The number of amides is 1. The van der Waals surface area contributed by atoms with E-state index in [1.165, 1.54) is 36.7 Å². The third-order valence-electron chi connectivity index (χ3n) is 4.59. The highest BCUT2D eigenvalue weighted by atomic mass is 35.5. The SMILES string of the molecule is N#Cc1ccc(F)c(C(=O)Nc2cccc(Nc3cc(Nc4ccc(F)c(Cl)c4)ncn3)c2)c1. The van der Waals surface area contributed by atoms with Crippen molar-refractivity contribution >= 4 is 46.2 Å². The maximum absolute atomic E-state index is 14.0. The highest BCUT2D eigenvalue weighted by Gasteiger charge is 2.13. The van der Waals surface area contributed by atoms with Gasteiger partial charge in [-0.1, -0.05) is 17.7 Å². The highest BCUT2D eigenvalue weighted by molar-refractivity contribution is 6.31. The van der Waals surface area contributed by atoms with E-state index >= 15 is 0 Å². The van der Waals surface area contributed by atoms with E-state index < -0.39 is 17.5 Å². The first-order chi connectivity index (χ1) is 16.4. The molecule has 4 rings (SSSR count). The van der Waals surface area contributed by atoms with Gasteiger partial charge in [-0.15, -0.1) is 0 Å². The van der Waals surface area contributed by atoms with Crippen molar-refractivity contribution in [3.8, 4) is 6.07 Å². The van der Waals surface area contributed by atoms with Gasteiger partial charge in [-0.05, 0) is 54.6 Å². The van der Waals surface area contributed by atoms with Crippen LogP contribution in [0.25, 0.3) is 0 Å². The predicted molar refractivity (Wildman–Crippen MR) is 126 cm³/mol. The lowest BCUT2D eigenvalue weighted by Crippen LogP contribution is -2.14. The normalized spacial score (nSPS) is 10.3. The molecule has 0 unspecified atom stereocenters. The van der Waals surface area contributed by atoms with E-state index in [1.807, 2.05) is 6.07 Å². The molecule has 0 aliphatic carbocycles. The minimum Gasteiger partial charge on any atom is -0.340 e. The fourth-order valence-electron chi connectivity index (χ4n) is 3.01. The molecule has 0 aliphatic heterocycles. The summed E-state index contributed by atoms with van der Waals surface area (Å²) in [5, 5.41) is 17.7. The molecule has 0 spiro atoms. The molecule has 0 atom stereocenters. The van der Waals surface area contributed by atoms with Crippen LogP contribution in [0.2, 0.25) is 5.02 Å². The van der Waals surface area contributed by atoms with Gasteiger partial charge < -0.3 is 16.0 Å². The van der Waals surface area contributed by atoms with Crippen molar-refractivity contribution < 1.29 is 13.6 Å². The lowest BCUT2D eigenvalue weighted by molar-refractivity contribution is 0.102. The van der Waals surface area contributed by atoms with Crippen LogP contribution in [0.3, 0.4) is 0 Å². The van der Waals surface area contributed by atoms with E-state index in [-0.39, 0.29) is 16.1 Å². The summed E-state index contributed by atoms with van der Waals surface area (Å²) < 4.78 is 27.4. The molecule has 3 N–H and O–H groups in total. The summed E-state index contributed by atoms with van der Waals surface area (Å²) >= 11 is 5.81. The van der Waals surface area contributed by atoms with Crippen LogP contribution in [0.4, 0.5) is 37.5 Å². The van der Waals surface area contributed by atoms with Crippen LogP contribution in [-0.4, -0.2) is 15.9 Å². The number of aromatic nitrogens is 2. The summed E-state index contributed by atoms with van der Waals surface area (Å²) in [6.45, 7) is 0. The number of hydrogen-bond acceptors (Lipinski definition) is 6. The van der Waals surface area contributed by atoms with E-state index in [4.69, 9.17) is 16.9 Å². The number of halogens is 3. The summed E-state index contributed by atoms with van der Waals surface area (Å²) in [4.78, 5) is 20.8. The first-order valence-corrected chi connectivity index (χ1v) is 10.2. The molecule has 10 heteroatoms. The van der Waals surface area contributed by atoms with E-state index in [9.17, 15) is 13.6 Å². The molecule has 0 radical (unpaired) electrons. The second kappa shape index (κ2) is 9.94. The van der Waals surface area contributed by atoms with Crippen molar-refractivity contribution in [2.45, 2.75) is 0 Å². The Kier molecular flexibility index (Phi) is 6.62. The smallest absolute Gasteiger partial charge is 0.258 e. The van der Waals surface area contributed by atoms with E-state index in [0.29, 0.717) is 28.7 Å². The van der Waals surface area contributed by atoms with E-state index in [2.05, 4.69) is 25.9 Å². The zero-order valence-electron chi connectivity index (χ0n) is 17.3. The Bertz CT molecular complexity index is 1420. The number of nitriles is 1. The lowest BCUT2D eigenvalue weighted by Gasteiger charge is -2.11. The largest absolute Gasteiger partial charge is 0.340 e. The quantitative estimate of drug-likeness (QED) is 0.314. The third kappa shape index (κ3) is 5.43. The molecule has 34 heavy (non-hydrogen) atoms. The molecule has 1 aromatic heterocycles. The fraction of sp³-hybridized carbons (Fsp3) is 0. The Morgan fingerprint density at radius 2 is 1.53 bits per heavy atom. The molecule has 168 valence electrons. The topological polar surface area (TPSA) is 103 Å². The van der Waals surface area contributed by atoms with Crippen molar-refractivity contribution in [1.82, 2.24) is 9.97 Å². The highest BCUT2D eigenvalue weighted by Crippen LogP contribution is 2.24. The van der Waals surface area contributed by atoms with Gasteiger partial charge in [-0.25, -0.2) is 18.7 Å². The molecule has 1 amide bonds. The summed E-state index contributed by atoms with van der Waals surface area (Å²) in [5.41, 5.74) is 1.50. The van der Waals surface area contributed by atoms with Gasteiger partial charge in [0, 0.05) is 23.1 Å². The average molecular weight is 477 g/mol. The van der Waals surface area contributed by atoms with Gasteiger partial charge in [-0.2, -0.15) is 5.26 Å². The number of carbonyl (C=O) groups excluding carboxylic acids is 1. The summed E-state index contributed by atoms with van der Waals surface area (Å²) in [6, 6.07) is 18.0. The Morgan fingerprint density at radius 1 is 0.853 bits per heavy atom. The Balaban J connectivity index is 1.47. The van der Waals surface area contributed by atoms with Crippen LogP contribution in [0.1, 0.15) is 15.9 Å². The maximum atomic E-state index is 14.0. The second-order valence-corrected chi connectivity index (χ2v) is 7.42. The molecule has 0 bridgehead atoms. The van der Waals surface area contributed by atoms with E-state index in [1.54, 1.807) is 30.3 Å². The number of nitrogens with one attached hydrogen (secondary N) is 3. The first-order valence-electron chi connectivity index (χ1n) is 9.83. The minimum absolute atomic E-state index is 0.0181. The van der Waals surface area contributed by atoms with Gasteiger partial charge in [-0.3, -0.25) is 4.79 Å². The Labute approximate surface area is 198 Å². The first kappa shape index (κ1) is 22.6. The molecule has 0 saturated carbocycles. The van der Waals surface area contributed by atoms with Crippen molar-refractivity contribution in [3.05, 3.63) is 101 Å². The molecule has 0 fully saturated rings. The molecule has 3 aromatic carbocycles. The second-order valence-electron chi connectivity index (χ2n) is 7.01. The Morgan fingerprint density at radius 3 is 2.24 bits per heavy atom. The summed E-state index contributed by atoms with van der Waals surface area (Å²) in [6.07, 6.45) is 1.34. The van der Waals surface area contributed by atoms with Gasteiger partial charge >= 0.3 is 0 Å². The number of carbonyl (C=O) groups is 1. The van der Waals surface area contributed by atoms with Crippen molar-refractivity contribution in [2.24, 2.45) is 0 Å². The molecular weight excluding hydrogens is 462 g/mol. The molecular formula is C24H15ClF2N6O. The van der Waals surface area contributed by atoms with Gasteiger partial charge in [0.05, 0.1) is 22.2 Å².